The van der Waals surface area contributed by atoms with E-state index in [2.05, 4.69) is 0 Å². The van der Waals surface area contributed by atoms with Crippen LogP contribution in [0.4, 0.5) is 0 Å². The summed E-state index contributed by atoms with van der Waals surface area (Å²) in [5.41, 5.74) is 1.55. The number of hydrogen-bond acceptors (Lipinski definition) is 4. The molecule has 5 heteroatoms. The summed E-state index contributed by atoms with van der Waals surface area (Å²) in [5, 5.41) is 0. The molecule has 0 heterocycles. The summed E-state index contributed by atoms with van der Waals surface area (Å²) in [7, 11) is 5.35. The Morgan fingerprint density at radius 1 is 1.32 bits per heavy atom. The summed E-state index contributed by atoms with van der Waals surface area (Å²) in [6.07, 6.45) is 0.903. The van der Waals surface area contributed by atoms with Gasteiger partial charge in [0.15, 0.2) is 0 Å². The number of hydrogen-bond donors (Lipinski definition) is 0. The second kappa shape index (κ2) is 9.14. The number of benzene rings is 1. The molecule has 0 aliphatic rings. The van der Waals surface area contributed by atoms with Gasteiger partial charge in [0.25, 0.3) is 0 Å². The minimum absolute atomic E-state index is 0. The molecule has 108 valence electrons. The van der Waals surface area contributed by atoms with E-state index in [0.29, 0.717) is 17.9 Å². The predicted octanol–water partition coefficient (Wildman–Crippen LogP) is 2.94. The Kier molecular flexibility index (Phi) is 8.75. The molecule has 0 fully saturated rings. The smallest absolute Gasteiger partial charge is 0.341 e. The van der Waals surface area contributed by atoms with Gasteiger partial charge >= 0.3 is 5.97 Å². The van der Waals surface area contributed by atoms with Gasteiger partial charge in [-0.05, 0) is 38.2 Å². The summed E-state index contributed by atoms with van der Waals surface area (Å²) in [6.45, 7) is 3.40. The van der Waals surface area contributed by atoms with E-state index < -0.39 is 0 Å². The fraction of sp³-hybridized carbons (Fsp3) is 0.500. The normalized spacial score (nSPS) is 9.95. The molecule has 0 unspecified atom stereocenters. The van der Waals surface area contributed by atoms with Crippen LogP contribution in [0.2, 0.25) is 0 Å². The number of ether oxygens (including phenoxy) is 2. The maximum atomic E-state index is 11.7. The molecule has 0 amide bonds. The molecule has 19 heavy (non-hydrogen) atoms. The van der Waals surface area contributed by atoms with Gasteiger partial charge in [-0.25, -0.2) is 4.79 Å². The monoisotopic (exact) mass is 379 g/mol. The highest BCUT2D eigenvalue weighted by Gasteiger charge is 2.14. The first kappa shape index (κ1) is 18.2. The van der Waals surface area contributed by atoms with Gasteiger partial charge in [-0.15, -0.1) is 24.0 Å². The quantitative estimate of drug-likeness (QED) is 0.563. The Hall–Kier alpha value is -0.820. The summed E-state index contributed by atoms with van der Waals surface area (Å²) in [5.74, 6) is 0.230. The SMILES string of the molecule is CCCOc1ccc(CN(C)C)cc1C(=O)OC.I. The van der Waals surface area contributed by atoms with Crippen molar-refractivity contribution in [1.29, 1.82) is 0 Å². The Bertz CT molecular complexity index is 408. The average molecular weight is 379 g/mol. The largest absolute Gasteiger partial charge is 0.493 e. The minimum Gasteiger partial charge on any atom is -0.493 e. The van der Waals surface area contributed by atoms with Crippen LogP contribution in [0.25, 0.3) is 0 Å². The van der Waals surface area contributed by atoms with Crippen LogP contribution in [0.5, 0.6) is 5.75 Å². The Morgan fingerprint density at radius 3 is 2.53 bits per heavy atom. The van der Waals surface area contributed by atoms with Crippen LogP contribution in [-0.4, -0.2) is 38.7 Å². The van der Waals surface area contributed by atoms with E-state index >= 15 is 0 Å². The molecule has 0 atom stereocenters. The van der Waals surface area contributed by atoms with E-state index in [1.165, 1.54) is 7.11 Å². The lowest BCUT2D eigenvalue weighted by atomic mass is 10.1. The van der Waals surface area contributed by atoms with Crippen molar-refractivity contribution in [2.24, 2.45) is 0 Å². The van der Waals surface area contributed by atoms with Crippen LogP contribution >= 0.6 is 24.0 Å². The van der Waals surface area contributed by atoms with Crippen LogP contribution < -0.4 is 4.74 Å². The maximum Gasteiger partial charge on any atom is 0.341 e. The van der Waals surface area contributed by atoms with Gasteiger partial charge in [0.1, 0.15) is 11.3 Å². The lowest BCUT2D eigenvalue weighted by molar-refractivity contribution is 0.0595. The highest BCUT2D eigenvalue weighted by molar-refractivity contribution is 14.0. The molecule has 1 aromatic carbocycles. The molecule has 4 nitrogen and oxygen atoms in total. The molecule has 0 aromatic heterocycles. The number of halogens is 1. The average Bonchev–Trinajstić information content (AvgIpc) is 2.35. The van der Waals surface area contributed by atoms with Crippen molar-refractivity contribution in [2.75, 3.05) is 27.8 Å². The minimum atomic E-state index is -0.360. The van der Waals surface area contributed by atoms with Crippen molar-refractivity contribution in [2.45, 2.75) is 19.9 Å². The van der Waals surface area contributed by atoms with Crippen molar-refractivity contribution in [1.82, 2.24) is 4.90 Å². The fourth-order valence-electron chi connectivity index (χ4n) is 1.65. The molecule has 1 aromatic rings. The second-order valence-corrected chi connectivity index (χ2v) is 4.41. The van der Waals surface area contributed by atoms with Gasteiger partial charge < -0.3 is 14.4 Å². The third-order valence-electron chi connectivity index (χ3n) is 2.41. The third kappa shape index (κ3) is 5.78. The van der Waals surface area contributed by atoms with E-state index in [0.717, 1.165) is 18.5 Å². The van der Waals surface area contributed by atoms with Gasteiger partial charge in [0, 0.05) is 6.54 Å². The van der Waals surface area contributed by atoms with E-state index in [1.807, 2.05) is 44.1 Å². The predicted molar refractivity (Wildman–Crippen MR) is 86.4 cm³/mol. The summed E-state index contributed by atoms with van der Waals surface area (Å²) in [4.78, 5) is 13.8. The molecular weight excluding hydrogens is 357 g/mol. The van der Waals surface area contributed by atoms with Crippen LogP contribution in [0.3, 0.4) is 0 Å². The molecule has 0 saturated carbocycles. The lowest BCUT2D eigenvalue weighted by Crippen LogP contribution is -2.12. The van der Waals surface area contributed by atoms with Crippen LogP contribution in [0.1, 0.15) is 29.3 Å². The first-order chi connectivity index (χ1) is 8.58. The molecule has 0 aliphatic heterocycles. The Labute approximate surface area is 132 Å². The number of nitrogens with zero attached hydrogens (tertiary/aromatic N) is 1. The van der Waals surface area contributed by atoms with E-state index in [9.17, 15) is 4.79 Å². The van der Waals surface area contributed by atoms with Gasteiger partial charge in [-0.2, -0.15) is 0 Å². The number of esters is 1. The van der Waals surface area contributed by atoms with Gasteiger partial charge in [-0.3, -0.25) is 0 Å². The highest BCUT2D eigenvalue weighted by atomic mass is 127. The third-order valence-corrected chi connectivity index (χ3v) is 2.41. The molecule has 1 rings (SSSR count). The lowest BCUT2D eigenvalue weighted by Gasteiger charge is -2.13. The zero-order valence-corrected chi connectivity index (χ0v) is 14.3. The van der Waals surface area contributed by atoms with Crippen LogP contribution in [0.15, 0.2) is 18.2 Å². The standard InChI is InChI=1S/C14H21NO3.HI/c1-5-8-18-13-7-6-11(10-15(2)3)9-12(13)14(16)17-4;/h6-7,9H,5,8,10H2,1-4H3;1H. The Balaban J connectivity index is 0.00000324. The van der Waals surface area contributed by atoms with Gasteiger partial charge in [0.2, 0.25) is 0 Å². The number of methoxy groups -OCH3 is 1. The highest BCUT2D eigenvalue weighted by Crippen LogP contribution is 2.22. The summed E-state index contributed by atoms with van der Waals surface area (Å²) >= 11 is 0. The van der Waals surface area contributed by atoms with Crippen molar-refractivity contribution in [3.05, 3.63) is 29.3 Å². The molecule has 0 spiro atoms. The van der Waals surface area contributed by atoms with Crippen molar-refractivity contribution in [3.8, 4) is 5.75 Å². The van der Waals surface area contributed by atoms with Gasteiger partial charge in [0.05, 0.1) is 13.7 Å². The van der Waals surface area contributed by atoms with Crippen LogP contribution in [0, 0.1) is 0 Å². The molecule has 0 aliphatic carbocycles. The molecule has 0 saturated heterocycles. The number of carbonyl (C=O) groups is 1. The molecule has 0 N–H and O–H groups in total. The van der Waals surface area contributed by atoms with Crippen LogP contribution in [-0.2, 0) is 11.3 Å². The van der Waals surface area contributed by atoms with Crippen molar-refractivity contribution in [3.63, 3.8) is 0 Å². The van der Waals surface area contributed by atoms with E-state index in [4.69, 9.17) is 9.47 Å². The molecular formula is C14H22INO3. The molecule has 0 bridgehead atoms. The fourth-order valence-corrected chi connectivity index (χ4v) is 1.65. The summed E-state index contributed by atoms with van der Waals surface area (Å²) in [6, 6.07) is 5.63. The zero-order chi connectivity index (χ0) is 13.5. The number of rotatable bonds is 6. The summed E-state index contributed by atoms with van der Waals surface area (Å²) < 4.78 is 10.3. The van der Waals surface area contributed by atoms with Crippen molar-refractivity contribution < 1.29 is 14.3 Å². The van der Waals surface area contributed by atoms with E-state index in [-0.39, 0.29) is 29.9 Å². The topological polar surface area (TPSA) is 38.8 Å². The second-order valence-electron chi connectivity index (χ2n) is 4.41. The van der Waals surface area contributed by atoms with Crippen molar-refractivity contribution >= 4 is 29.9 Å². The first-order valence-electron chi connectivity index (χ1n) is 6.07. The zero-order valence-electron chi connectivity index (χ0n) is 11.9. The maximum absolute atomic E-state index is 11.7. The molecule has 0 radical (unpaired) electrons. The first-order valence-corrected chi connectivity index (χ1v) is 6.07. The van der Waals surface area contributed by atoms with Gasteiger partial charge in [-0.1, -0.05) is 13.0 Å². The number of carbonyl (C=O) groups excluding carboxylic acids is 1. The Morgan fingerprint density at radius 2 is 2.00 bits per heavy atom. The van der Waals surface area contributed by atoms with E-state index in [1.54, 1.807) is 0 Å².